The van der Waals surface area contributed by atoms with E-state index in [4.69, 9.17) is 0 Å². The van der Waals surface area contributed by atoms with E-state index in [2.05, 4.69) is 24.1 Å². The zero-order valence-corrected chi connectivity index (χ0v) is 12.4. The summed E-state index contributed by atoms with van der Waals surface area (Å²) in [7, 11) is 0. The fourth-order valence-electron chi connectivity index (χ4n) is 2.63. The highest BCUT2D eigenvalue weighted by Crippen LogP contribution is 2.29. The van der Waals surface area contributed by atoms with Crippen molar-refractivity contribution in [3.05, 3.63) is 35.4 Å². The van der Waals surface area contributed by atoms with Crippen LogP contribution in [0.5, 0.6) is 0 Å². The van der Waals surface area contributed by atoms with E-state index in [1.165, 1.54) is 0 Å². The summed E-state index contributed by atoms with van der Waals surface area (Å²) in [4.78, 5) is 2.27. The maximum atomic E-state index is 12.5. The smallest absolute Gasteiger partial charge is 0.309 e. The Morgan fingerprint density at radius 2 is 1.60 bits per heavy atom. The minimum atomic E-state index is -4.25. The molecule has 0 spiro atoms. The van der Waals surface area contributed by atoms with Crippen molar-refractivity contribution in [2.75, 3.05) is 13.1 Å². The maximum absolute atomic E-state index is 12.5. The van der Waals surface area contributed by atoms with Gasteiger partial charge in [0.25, 0.3) is 0 Å². The summed E-state index contributed by atoms with van der Waals surface area (Å²) in [6.07, 6.45) is -4.25. The number of alkyl halides is 3. The first-order chi connectivity index (χ1) is 8.84. The summed E-state index contributed by atoms with van der Waals surface area (Å²) in [6.45, 7) is 6.79. The molecule has 2 rings (SSSR count). The lowest BCUT2D eigenvalue weighted by Gasteiger charge is -2.36. The molecule has 114 valence electrons. The lowest BCUT2D eigenvalue weighted by Crippen LogP contribution is -2.53. The number of nitrogens with zero attached hydrogens (tertiary/aromatic N) is 1. The number of nitrogens with one attached hydrogen (secondary N) is 1. The Kier molecular flexibility index (Phi) is 5.86. The molecule has 0 amide bonds. The molecular weight excluding hydrogens is 289 g/mol. The molecule has 20 heavy (non-hydrogen) atoms. The highest BCUT2D eigenvalue weighted by molar-refractivity contribution is 5.85. The molecule has 0 aliphatic carbocycles. The second-order valence-electron chi connectivity index (χ2n) is 5.36. The fraction of sp³-hybridized carbons (Fsp3) is 0.571. The van der Waals surface area contributed by atoms with Crippen molar-refractivity contribution >= 4 is 12.4 Å². The first-order valence-electron chi connectivity index (χ1n) is 6.49. The van der Waals surface area contributed by atoms with E-state index in [1.807, 2.05) is 0 Å². The predicted molar refractivity (Wildman–Crippen MR) is 76.0 cm³/mol. The second kappa shape index (κ2) is 6.78. The molecule has 1 aliphatic rings. The van der Waals surface area contributed by atoms with Crippen molar-refractivity contribution in [1.29, 1.82) is 0 Å². The highest BCUT2D eigenvalue weighted by Gasteiger charge is 2.30. The topological polar surface area (TPSA) is 15.3 Å². The van der Waals surface area contributed by atoms with Crippen LogP contribution in [-0.4, -0.2) is 30.1 Å². The summed E-state index contributed by atoms with van der Waals surface area (Å²) in [5, 5.41) is 3.43. The van der Waals surface area contributed by atoms with Crippen molar-refractivity contribution in [2.45, 2.75) is 38.7 Å². The summed E-state index contributed by atoms with van der Waals surface area (Å²) >= 11 is 0. The quantitative estimate of drug-likeness (QED) is 0.902. The summed E-state index contributed by atoms with van der Waals surface area (Å²) in [5.41, 5.74) is 0.340. The van der Waals surface area contributed by atoms with Crippen LogP contribution in [0.15, 0.2) is 24.3 Å². The van der Waals surface area contributed by atoms with Gasteiger partial charge < -0.3 is 5.32 Å². The molecule has 2 nitrogen and oxygen atoms in total. The van der Waals surface area contributed by atoms with Crippen LogP contribution >= 0.6 is 12.4 Å². The van der Waals surface area contributed by atoms with Crippen molar-refractivity contribution in [3.8, 4) is 0 Å². The van der Waals surface area contributed by atoms with Gasteiger partial charge in [0, 0.05) is 31.7 Å². The standard InChI is InChI=1S/C14H19F3N2.ClH/c1-10-7-19(8-11(2)18-10)9-12-3-5-13(6-4-12)14(15,16)17;/h3-6,10-11,18H,7-9H2,1-2H3;1H. The Morgan fingerprint density at radius 1 is 1.10 bits per heavy atom. The maximum Gasteiger partial charge on any atom is 0.416 e. The van der Waals surface area contributed by atoms with Gasteiger partial charge >= 0.3 is 6.18 Å². The van der Waals surface area contributed by atoms with Gasteiger partial charge in [-0.3, -0.25) is 4.90 Å². The van der Waals surface area contributed by atoms with Gasteiger partial charge in [0.1, 0.15) is 0 Å². The molecule has 0 bridgehead atoms. The molecule has 0 aromatic heterocycles. The first kappa shape index (κ1) is 17.3. The van der Waals surface area contributed by atoms with Gasteiger partial charge in [-0.25, -0.2) is 0 Å². The van der Waals surface area contributed by atoms with Gasteiger partial charge in [-0.1, -0.05) is 12.1 Å². The van der Waals surface area contributed by atoms with Crippen molar-refractivity contribution in [1.82, 2.24) is 10.2 Å². The second-order valence-corrected chi connectivity index (χ2v) is 5.36. The molecule has 1 saturated heterocycles. The van der Waals surface area contributed by atoms with E-state index in [-0.39, 0.29) is 12.4 Å². The van der Waals surface area contributed by atoms with Crippen LogP contribution in [-0.2, 0) is 12.7 Å². The van der Waals surface area contributed by atoms with Crippen LogP contribution in [0.2, 0.25) is 0 Å². The Balaban J connectivity index is 0.00000200. The molecule has 2 atom stereocenters. The zero-order chi connectivity index (χ0) is 14.0. The number of piperazine rings is 1. The third kappa shape index (κ3) is 4.65. The lowest BCUT2D eigenvalue weighted by molar-refractivity contribution is -0.137. The van der Waals surface area contributed by atoms with Gasteiger partial charge in [0.05, 0.1) is 5.56 Å². The molecule has 1 fully saturated rings. The molecule has 1 aromatic rings. The van der Waals surface area contributed by atoms with Crippen LogP contribution in [0.1, 0.15) is 25.0 Å². The van der Waals surface area contributed by atoms with Gasteiger partial charge in [0.2, 0.25) is 0 Å². The molecule has 0 radical (unpaired) electrons. The van der Waals surface area contributed by atoms with E-state index in [1.54, 1.807) is 12.1 Å². The van der Waals surface area contributed by atoms with Crippen LogP contribution in [0.3, 0.4) is 0 Å². The summed E-state index contributed by atoms with van der Waals surface area (Å²) < 4.78 is 37.4. The third-order valence-electron chi connectivity index (χ3n) is 3.32. The van der Waals surface area contributed by atoms with Gasteiger partial charge in [-0.2, -0.15) is 13.2 Å². The average molecular weight is 309 g/mol. The van der Waals surface area contributed by atoms with E-state index < -0.39 is 11.7 Å². The number of halogens is 4. The fourth-order valence-corrected chi connectivity index (χ4v) is 2.63. The average Bonchev–Trinajstić information content (AvgIpc) is 2.26. The van der Waals surface area contributed by atoms with E-state index in [9.17, 15) is 13.2 Å². The molecule has 6 heteroatoms. The molecule has 1 aromatic carbocycles. The molecule has 2 unspecified atom stereocenters. The molecule has 1 heterocycles. The largest absolute Gasteiger partial charge is 0.416 e. The van der Waals surface area contributed by atoms with Crippen LogP contribution in [0.4, 0.5) is 13.2 Å². The number of rotatable bonds is 2. The van der Waals surface area contributed by atoms with Crippen molar-refractivity contribution < 1.29 is 13.2 Å². The van der Waals surface area contributed by atoms with Crippen LogP contribution in [0.25, 0.3) is 0 Å². The lowest BCUT2D eigenvalue weighted by atomic mass is 10.1. The Morgan fingerprint density at radius 3 is 2.05 bits per heavy atom. The monoisotopic (exact) mass is 308 g/mol. The van der Waals surface area contributed by atoms with Gasteiger partial charge in [-0.05, 0) is 31.5 Å². The number of benzene rings is 1. The molecular formula is C14H20ClF3N2. The van der Waals surface area contributed by atoms with Crippen molar-refractivity contribution in [3.63, 3.8) is 0 Å². The van der Waals surface area contributed by atoms with E-state index >= 15 is 0 Å². The Hall–Kier alpha value is -0.780. The van der Waals surface area contributed by atoms with E-state index in [0.717, 1.165) is 30.8 Å². The summed E-state index contributed by atoms with van der Waals surface area (Å²) in [5.74, 6) is 0. The van der Waals surface area contributed by atoms with Crippen LogP contribution in [0, 0.1) is 0 Å². The Bertz CT molecular complexity index is 409. The van der Waals surface area contributed by atoms with Crippen LogP contribution < -0.4 is 5.32 Å². The number of hydrogen-bond acceptors (Lipinski definition) is 2. The SMILES string of the molecule is CC1CN(Cc2ccc(C(F)(F)F)cc2)CC(C)N1.Cl. The predicted octanol–water partition coefficient (Wildman–Crippen LogP) is 3.31. The molecule has 0 saturated carbocycles. The first-order valence-corrected chi connectivity index (χ1v) is 6.49. The zero-order valence-electron chi connectivity index (χ0n) is 11.6. The third-order valence-corrected chi connectivity index (χ3v) is 3.32. The minimum Gasteiger partial charge on any atom is -0.309 e. The molecule has 1 N–H and O–H groups in total. The minimum absolute atomic E-state index is 0. The van der Waals surface area contributed by atoms with Gasteiger partial charge in [-0.15, -0.1) is 12.4 Å². The molecule has 1 aliphatic heterocycles. The van der Waals surface area contributed by atoms with Gasteiger partial charge in [0.15, 0.2) is 0 Å². The van der Waals surface area contributed by atoms with E-state index in [0.29, 0.717) is 18.6 Å². The highest BCUT2D eigenvalue weighted by atomic mass is 35.5. The Labute approximate surface area is 123 Å². The summed E-state index contributed by atoms with van der Waals surface area (Å²) in [6, 6.07) is 6.28. The van der Waals surface area contributed by atoms with Crippen molar-refractivity contribution in [2.24, 2.45) is 0 Å². The normalized spacial score (nSPS) is 24.2. The number of hydrogen-bond donors (Lipinski definition) is 1.